The van der Waals surface area contributed by atoms with E-state index in [1.807, 2.05) is 104 Å². The fraction of sp³-hybridized carbons (Fsp3) is 0.182. The zero-order valence-corrected chi connectivity index (χ0v) is 22.0. The molecule has 0 bridgehead atoms. The van der Waals surface area contributed by atoms with Crippen LogP contribution in [0.5, 0.6) is 0 Å². The second-order valence-corrected chi connectivity index (χ2v) is 11.5. The van der Waals surface area contributed by atoms with Crippen molar-refractivity contribution in [3.63, 3.8) is 0 Å². The molecule has 0 saturated heterocycles. The van der Waals surface area contributed by atoms with Gasteiger partial charge in [-0.1, -0.05) is 122 Å². The molecule has 0 aliphatic heterocycles. The van der Waals surface area contributed by atoms with Crippen LogP contribution in [0.25, 0.3) is 5.57 Å². The molecule has 5 rings (SSSR count). The Balaban J connectivity index is 2.00. The van der Waals surface area contributed by atoms with E-state index in [4.69, 9.17) is 0 Å². The number of unbranched alkanes of at least 4 members (excludes halogenated alkanes) is 1. The average molecular weight is 507 g/mol. The molecule has 4 aromatic carbocycles. The van der Waals surface area contributed by atoms with Gasteiger partial charge in [0.25, 0.3) is 0 Å². The number of Topliss-reactive ketones (excluding diaryl/α,β-unsaturated/α-hetero) is 1. The maximum absolute atomic E-state index is 14.8. The number of allylic oxidation sites excluding steroid dienone is 1. The van der Waals surface area contributed by atoms with Gasteiger partial charge in [-0.15, -0.1) is 0 Å². The molecule has 0 heterocycles. The number of ketones is 1. The van der Waals surface area contributed by atoms with Gasteiger partial charge in [-0.05, 0) is 42.2 Å². The first-order valence-corrected chi connectivity index (χ1v) is 14.2. The molecule has 0 N–H and O–H groups in total. The molecule has 0 saturated carbocycles. The van der Waals surface area contributed by atoms with Crippen LogP contribution in [0, 0.1) is 6.92 Å². The van der Waals surface area contributed by atoms with E-state index >= 15 is 0 Å². The highest BCUT2D eigenvalue weighted by Crippen LogP contribution is 2.53. The number of sulfone groups is 1. The minimum absolute atomic E-state index is 0.159. The van der Waals surface area contributed by atoms with Gasteiger partial charge in [0.1, 0.15) is 0 Å². The molecule has 0 spiro atoms. The van der Waals surface area contributed by atoms with Crippen molar-refractivity contribution in [1.82, 2.24) is 0 Å². The van der Waals surface area contributed by atoms with Crippen LogP contribution in [-0.4, -0.2) is 14.2 Å². The zero-order chi connectivity index (χ0) is 26.0. The fourth-order valence-corrected chi connectivity index (χ4v) is 7.45. The van der Waals surface area contributed by atoms with Crippen LogP contribution in [0.1, 0.15) is 58.8 Å². The second-order valence-electron chi connectivity index (χ2n) is 9.64. The van der Waals surface area contributed by atoms with E-state index in [0.717, 1.165) is 17.5 Å². The number of rotatable bonds is 7. The summed E-state index contributed by atoms with van der Waals surface area (Å²) in [6.07, 6.45) is 1.94. The Morgan fingerprint density at radius 2 is 1.27 bits per heavy atom. The topological polar surface area (TPSA) is 51.2 Å². The fourth-order valence-electron chi connectivity index (χ4n) is 5.46. The number of benzene rings is 4. The van der Waals surface area contributed by atoms with Gasteiger partial charge in [0, 0.05) is 11.1 Å². The van der Waals surface area contributed by atoms with E-state index in [1.54, 1.807) is 12.1 Å². The predicted molar refractivity (Wildman–Crippen MR) is 149 cm³/mol. The minimum atomic E-state index is -4.08. The molecule has 0 unspecified atom stereocenters. The Morgan fingerprint density at radius 3 is 1.89 bits per heavy atom. The molecule has 4 heteroatoms. The largest absolute Gasteiger partial charge is 0.293 e. The van der Waals surface area contributed by atoms with Crippen LogP contribution >= 0.6 is 0 Å². The summed E-state index contributed by atoms with van der Waals surface area (Å²) in [5, 5.41) is 0. The van der Waals surface area contributed by atoms with E-state index in [1.165, 1.54) is 0 Å². The van der Waals surface area contributed by atoms with Crippen LogP contribution in [-0.2, 0) is 15.3 Å². The van der Waals surface area contributed by atoms with Crippen molar-refractivity contribution in [3.05, 3.63) is 142 Å². The van der Waals surface area contributed by atoms with Gasteiger partial charge >= 0.3 is 0 Å². The molecule has 0 radical (unpaired) electrons. The molecule has 1 atom stereocenters. The minimum Gasteiger partial charge on any atom is -0.293 e. The van der Waals surface area contributed by atoms with E-state index in [9.17, 15) is 13.2 Å². The highest BCUT2D eigenvalue weighted by Gasteiger charge is 2.53. The summed E-state index contributed by atoms with van der Waals surface area (Å²) in [6, 6.07) is 33.4. The lowest BCUT2D eigenvalue weighted by Crippen LogP contribution is -2.44. The second kappa shape index (κ2) is 9.95. The smallest absolute Gasteiger partial charge is 0.204 e. The lowest BCUT2D eigenvalue weighted by Gasteiger charge is -2.41. The summed E-state index contributed by atoms with van der Waals surface area (Å²) in [5.74, 6) is -0.159. The third-order valence-corrected chi connectivity index (χ3v) is 9.26. The van der Waals surface area contributed by atoms with Crippen molar-refractivity contribution in [2.45, 2.75) is 43.4 Å². The van der Waals surface area contributed by atoms with Gasteiger partial charge in [-0.3, -0.25) is 4.79 Å². The normalized spacial score (nSPS) is 17.5. The number of hydrogen-bond acceptors (Lipinski definition) is 3. The van der Waals surface area contributed by atoms with E-state index in [0.29, 0.717) is 35.1 Å². The summed E-state index contributed by atoms with van der Waals surface area (Å²) in [6.45, 7) is 4.00. The quantitative estimate of drug-likeness (QED) is 0.260. The number of hydrogen-bond donors (Lipinski definition) is 0. The molecule has 1 aliphatic rings. The molecular formula is C33H30O3S. The molecule has 3 nitrogen and oxygen atoms in total. The van der Waals surface area contributed by atoms with E-state index < -0.39 is 15.3 Å². The molecule has 0 amide bonds. The van der Waals surface area contributed by atoms with Crippen LogP contribution < -0.4 is 0 Å². The van der Waals surface area contributed by atoms with E-state index in [-0.39, 0.29) is 15.6 Å². The monoisotopic (exact) mass is 506 g/mol. The Bertz CT molecular complexity index is 1570. The number of fused-ring (bicyclic) bond motifs is 1. The van der Waals surface area contributed by atoms with Crippen molar-refractivity contribution in [3.8, 4) is 0 Å². The Hall–Kier alpha value is -3.76. The Kier molecular flexibility index (Phi) is 6.70. The van der Waals surface area contributed by atoms with Gasteiger partial charge in [0.05, 0.1) is 15.2 Å². The summed E-state index contributed by atoms with van der Waals surface area (Å²) >= 11 is 0. The van der Waals surface area contributed by atoms with Crippen LogP contribution in [0.3, 0.4) is 0 Å². The van der Waals surface area contributed by atoms with Gasteiger partial charge in [0.15, 0.2) is 5.78 Å². The molecule has 4 aromatic rings. The third-order valence-electron chi connectivity index (χ3n) is 7.28. The number of carbonyl (C=O) groups excluding carboxylic acids is 1. The molecule has 0 aromatic heterocycles. The zero-order valence-electron chi connectivity index (χ0n) is 21.1. The predicted octanol–water partition coefficient (Wildman–Crippen LogP) is 7.55. The highest BCUT2D eigenvalue weighted by atomic mass is 32.2. The first kappa shape index (κ1) is 24.9. The van der Waals surface area contributed by atoms with Crippen LogP contribution in [0.4, 0.5) is 0 Å². The Labute approximate surface area is 219 Å². The lowest BCUT2D eigenvalue weighted by molar-refractivity contribution is 0.0901. The standard InChI is InChI=1S/C33H30O3S/c1-3-4-23-33(26-15-9-6-10-16-26)31(34)29-18-12-11-17-28(29)30(25-13-7-5-8-14-25)32(33)37(35,36)27-21-19-24(2)20-22-27/h5-22H,3-4,23H2,1-2H3/t33-/m0/s1. The van der Waals surface area contributed by atoms with Gasteiger partial charge < -0.3 is 0 Å². The highest BCUT2D eigenvalue weighted by molar-refractivity contribution is 7.95. The van der Waals surface area contributed by atoms with Crippen LogP contribution in [0.15, 0.2) is 119 Å². The van der Waals surface area contributed by atoms with Crippen molar-refractivity contribution in [2.75, 3.05) is 0 Å². The number of aryl methyl sites for hydroxylation is 1. The maximum atomic E-state index is 14.8. The SMILES string of the molecule is CCCC[C@]1(c2ccccc2)C(=O)c2ccccc2C(c2ccccc2)=C1S(=O)(=O)c1ccc(C)cc1. The maximum Gasteiger partial charge on any atom is 0.204 e. The molecule has 37 heavy (non-hydrogen) atoms. The molecule has 186 valence electrons. The van der Waals surface area contributed by atoms with Gasteiger partial charge in [-0.25, -0.2) is 8.42 Å². The summed E-state index contributed by atoms with van der Waals surface area (Å²) in [7, 11) is -4.08. The first-order valence-electron chi connectivity index (χ1n) is 12.7. The van der Waals surface area contributed by atoms with Gasteiger partial charge in [-0.2, -0.15) is 0 Å². The summed E-state index contributed by atoms with van der Waals surface area (Å²) in [5.41, 5.74) is 2.95. The summed E-state index contributed by atoms with van der Waals surface area (Å²) in [4.78, 5) is 15.0. The van der Waals surface area contributed by atoms with Crippen molar-refractivity contribution < 1.29 is 13.2 Å². The number of carbonyl (C=O) groups is 1. The lowest BCUT2D eigenvalue weighted by atomic mass is 9.65. The average Bonchev–Trinajstić information content (AvgIpc) is 2.94. The van der Waals surface area contributed by atoms with Crippen molar-refractivity contribution in [2.24, 2.45) is 0 Å². The van der Waals surface area contributed by atoms with Crippen molar-refractivity contribution in [1.29, 1.82) is 0 Å². The molecule has 1 aliphatic carbocycles. The van der Waals surface area contributed by atoms with Crippen LogP contribution in [0.2, 0.25) is 0 Å². The van der Waals surface area contributed by atoms with Gasteiger partial charge in [0.2, 0.25) is 9.84 Å². The third kappa shape index (κ3) is 4.15. The van der Waals surface area contributed by atoms with Crippen molar-refractivity contribution >= 4 is 21.2 Å². The first-order chi connectivity index (χ1) is 17.9. The summed E-state index contributed by atoms with van der Waals surface area (Å²) < 4.78 is 29.6. The Morgan fingerprint density at radius 1 is 0.703 bits per heavy atom. The van der Waals surface area contributed by atoms with E-state index in [2.05, 4.69) is 6.92 Å². The molecular weight excluding hydrogens is 476 g/mol. The molecule has 0 fully saturated rings.